The van der Waals surface area contributed by atoms with Gasteiger partial charge in [0.15, 0.2) is 11.0 Å². The van der Waals surface area contributed by atoms with E-state index in [1.165, 1.54) is 11.8 Å². The molecule has 0 aliphatic heterocycles. The van der Waals surface area contributed by atoms with Crippen LogP contribution in [0.15, 0.2) is 65.1 Å². The van der Waals surface area contributed by atoms with Crippen LogP contribution in [0.4, 0.5) is 0 Å². The van der Waals surface area contributed by atoms with Crippen LogP contribution in [0.1, 0.15) is 17.2 Å². The van der Waals surface area contributed by atoms with E-state index in [4.69, 9.17) is 16.3 Å². The number of aryl methyl sites for hydroxylation is 1. The number of halogens is 1. The second kappa shape index (κ2) is 9.36. The molecule has 158 valence electrons. The number of rotatable bonds is 8. The summed E-state index contributed by atoms with van der Waals surface area (Å²) in [4.78, 5) is 19.7. The minimum Gasteiger partial charge on any atom is -0.486 e. The largest absolute Gasteiger partial charge is 0.486 e. The summed E-state index contributed by atoms with van der Waals surface area (Å²) in [6, 6.07) is 12.9. The molecule has 2 heterocycles. The molecule has 2 aromatic carbocycles. The first-order chi connectivity index (χ1) is 15.0. The van der Waals surface area contributed by atoms with Gasteiger partial charge in [-0.1, -0.05) is 41.6 Å². The molecule has 0 aliphatic carbocycles. The molecular weight excluding hydrogens is 434 g/mol. The van der Waals surface area contributed by atoms with E-state index in [9.17, 15) is 4.79 Å². The summed E-state index contributed by atoms with van der Waals surface area (Å²) in [5.74, 6) is 2.45. The minimum absolute atomic E-state index is 0.220. The van der Waals surface area contributed by atoms with Gasteiger partial charge in [0.1, 0.15) is 18.2 Å². The third-order valence-corrected chi connectivity index (χ3v) is 5.73. The topological polar surface area (TPSA) is 85.7 Å². The third-order valence-electron chi connectivity index (χ3n) is 4.52. The SMILES string of the molecule is C=CCn1c(COc2cccc(C)c2)nnc1SCc1nc2ccc(Cl)cc2c(=O)[nH]1. The van der Waals surface area contributed by atoms with Crippen LogP contribution in [0.25, 0.3) is 10.9 Å². The molecule has 9 heteroatoms. The molecule has 0 amide bonds. The Morgan fingerprint density at radius 1 is 1.26 bits per heavy atom. The number of ether oxygens (including phenoxy) is 1. The number of hydrogen-bond acceptors (Lipinski definition) is 6. The second-order valence-corrected chi connectivity index (χ2v) is 8.24. The van der Waals surface area contributed by atoms with Gasteiger partial charge < -0.3 is 9.72 Å². The average Bonchev–Trinajstić information content (AvgIpc) is 3.13. The average molecular weight is 454 g/mol. The molecule has 2 aromatic heterocycles. The molecule has 0 saturated heterocycles. The molecule has 0 atom stereocenters. The highest BCUT2D eigenvalue weighted by molar-refractivity contribution is 7.98. The molecular formula is C22H20ClN5O2S. The van der Waals surface area contributed by atoms with Crippen LogP contribution in [-0.4, -0.2) is 24.7 Å². The van der Waals surface area contributed by atoms with E-state index in [0.717, 1.165) is 11.3 Å². The number of H-pyrrole nitrogens is 1. The van der Waals surface area contributed by atoms with Crippen LogP contribution in [0.3, 0.4) is 0 Å². The highest BCUT2D eigenvalue weighted by atomic mass is 35.5. The van der Waals surface area contributed by atoms with Gasteiger partial charge in [0, 0.05) is 11.6 Å². The van der Waals surface area contributed by atoms with E-state index in [1.54, 1.807) is 24.3 Å². The number of fused-ring (bicyclic) bond motifs is 1. The molecule has 4 rings (SSSR count). The molecule has 0 bridgehead atoms. The number of aromatic amines is 1. The summed E-state index contributed by atoms with van der Waals surface area (Å²) in [6.45, 7) is 6.67. The Kier molecular flexibility index (Phi) is 6.39. The summed E-state index contributed by atoms with van der Waals surface area (Å²) in [5, 5.41) is 10.2. The first-order valence-electron chi connectivity index (χ1n) is 9.57. The molecule has 0 fully saturated rings. The van der Waals surface area contributed by atoms with E-state index < -0.39 is 0 Å². The first kappa shape index (κ1) is 21.1. The van der Waals surface area contributed by atoms with Gasteiger partial charge >= 0.3 is 0 Å². The number of allylic oxidation sites excluding steroid dienone is 1. The van der Waals surface area contributed by atoms with Crippen LogP contribution in [0, 0.1) is 6.92 Å². The maximum Gasteiger partial charge on any atom is 0.258 e. The van der Waals surface area contributed by atoms with Gasteiger partial charge in [-0.25, -0.2) is 4.98 Å². The fourth-order valence-corrected chi connectivity index (χ4v) is 4.07. The summed E-state index contributed by atoms with van der Waals surface area (Å²) in [6.07, 6.45) is 1.78. The molecule has 4 aromatic rings. The van der Waals surface area contributed by atoms with Gasteiger partial charge in [0.05, 0.1) is 16.7 Å². The Labute approximate surface area is 188 Å². The Morgan fingerprint density at radius 2 is 2.13 bits per heavy atom. The molecule has 1 N–H and O–H groups in total. The van der Waals surface area contributed by atoms with E-state index >= 15 is 0 Å². The van der Waals surface area contributed by atoms with E-state index in [1.807, 2.05) is 35.8 Å². The van der Waals surface area contributed by atoms with Gasteiger partial charge in [-0.3, -0.25) is 9.36 Å². The van der Waals surface area contributed by atoms with Crippen LogP contribution >= 0.6 is 23.4 Å². The van der Waals surface area contributed by atoms with Crippen molar-refractivity contribution in [2.24, 2.45) is 0 Å². The summed E-state index contributed by atoms with van der Waals surface area (Å²) in [5.41, 5.74) is 1.51. The summed E-state index contributed by atoms with van der Waals surface area (Å²) < 4.78 is 7.81. The Balaban J connectivity index is 1.51. The summed E-state index contributed by atoms with van der Waals surface area (Å²) in [7, 11) is 0. The molecule has 7 nitrogen and oxygen atoms in total. The highest BCUT2D eigenvalue weighted by Crippen LogP contribution is 2.23. The van der Waals surface area contributed by atoms with Crippen molar-refractivity contribution in [1.29, 1.82) is 0 Å². The zero-order valence-electron chi connectivity index (χ0n) is 16.8. The number of aromatic nitrogens is 5. The van der Waals surface area contributed by atoms with Crippen molar-refractivity contribution in [3.63, 3.8) is 0 Å². The van der Waals surface area contributed by atoms with E-state index in [2.05, 4.69) is 26.7 Å². The van der Waals surface area contributed by atoms with Crippen molar-refractivity contribution in [3.05, 3.63) is 87.7 Å². The van der Waals surface area contributed by atoms with Crippen molar-refractivity contribution in [2.75, 3.05) is 0 Å². The Morgan fingerprint density at radius 3 is 2.94 bits per heavy atom. The highest BCUT2D eigenvalue weighted by Gasteiger charge is 2.14. The standard InChI is InChI=1S/C22H20ClN5O2S/c1-3-9-28-20(12-30-16-6-4-5-14(2)10-16)26-27-22(28)31-13-19-24-18-8-7-15(23)11-17(18)21(29)25-19/h3-8,10-11H,1,9,12-13H2,2H3,(H,24,25,29). The normalized spacial score (nSPS) is 11.0. The zero-order valence-corrected chi connectivity index (χ0v) is 18.4. The molecule has 0 unspecified atom stereocenters. The maximum absolute atomic E-state index is 12.4. The zero-order chi connectivity index (χ0) is 21.8. The van der Waals surface area contributed by atoms with Crippen molar-refractivity contribution in [1.82, 2.24) is 24.7 Å². The first-order valence-corrected chi connectivity index (χ1v) is 10.9. The van der Waals surface area contributed by atoms with Crippen molar-refractivity contribution < 1.29 is 4.74 Å². The lowest BCUT2D eigenvalue weighted by atomic mass is 10.2. The predicted octanol–water partition coefficient (Wildman–Crippen LogP) is 4.53. The lowest BCUT2D eigenvalue weighted by Gasteiger charge is -2.09. The lowest BCUT2D eigenvalue weighted by molar-refractivity contribution is 0.289. The molecule has 0 saturated carbocycles. The minimum atomic E-state index is -0.220. The summed E-state index contributed by atoms with van der Waals surface area (Å²) >= 11 is 7.41. The number of benzene rings is 2. The number of thioether (sulfide) groups is 1. The van der Waals surface area contributed by atoms with Gasteiger partial charge in [0.2, 0.25) is 0 Å². The molecule has 0 spiro atoms. The van der Waals surface area contributed by atoms with Gasteiger partial charge in [-0.2, -0.15) is 0 Å². The molecule has 31 heavy (non-hydrogen) atoms. The second-order valence-electron chi connectivity index (χ2n) is 6.87. The molecule has 0 aliphatic rings. The predicted molar refractivity (Wildman–Crippen MR) is 123 cm³/mol. The van der Waals surface area contributed by atoms with Gasteiger partial charge in [0.25, 0.3) is 5.56 Å². The monoisotopic (exact) mass is 453 g/mol. The maximum atomic E-state index is 12.4. The molecule has 0 radical (unpaired) electrons. The van der Waals surface area contributed by atoms with Gasteiger partial charge in [-0.05, 0) is 42.8 Å². The van der Waals surface area contributed by atoms with E-state index in [-0.39, 0.29) is 12.2 Å². The fraction of sp³-hybridized carbons (Fsp3) is 0.182. The number of nitrogens with zero attached hydrogens (tertiary/aromatic N) is 4. The van der Waals surface area contributed by atoms with E-state index in [0.29, 0.717) is 45.0 Å². The van der Waals surface area contributed by atoms with Crippen molar-refractivity contribution >= 4 is 34.3 Å². The fourth-order valence-electron chi connectivity index (χ4n) is 3.06. The quantitative estimate of drug-likeness (QED) is 0.311. The van der Waals surface area contributed by atoms with Crippen LogP contribution in [0.5, 0.6) is 5.75 Å². The van der Waals surface area contributed by atoms with Crippen LogP contribution in [0.2, 0.25) is 5.02 Å². The van der Waals surface area contributed by atoms with Crippen molar-refractivity contribution in [3.8, 4) is 5.75 Å². The number of hydrogen-bond donors (Lipinski definition) is 1. The number of nitrogens with one attached hydrogen (secondary N) is 1. The Bertz CT molecular complexity index is 1300. The Hall–Kier alpha value is -3.10. The lowest BCUT2D eigenvalue weighted by Crippen LogP contribution is -2.11. The smallest absolute Gasteiger partial charge is 0.258 e. The van der Waals surface area contributed by atoms with Crippen LogP contribution < -0.4 is 10.3 Å². The van der Waals surface area contributed by atoms with Gasteiger partial charge in [-0.15, -0.1) is 16.8 Å². The van der Waals surface area contributed by atoms with Crippen molar-refractivity contribution in [2.45, 2.75) is 31.0 Å². The van der Waals surface area contributed by atoms with Crippen LogP contribution in [-0.2, 0) is 18.9 Å². The third kappa shape index (κ3) is 4.98.